The van der Waals surface area contributed by atoms with Crippen LogP contribution in [0.5, 0.6) is 0 Å². The third-order valence-corrected chi connectivity index (χ3v) is 5.25. The number of benzene rings is 1. The van der Waals surface area contributed by atoms with E-state index in [1.807, 2.05) is 13.2 Å². The molecule has 0 radical (unpaired) electrons. The van der Waals surface area contributed by atoms with Crippen LogP contribution in [0.3, 0.4) is 0 Å². The van der Waals surface area contributed by atoms with E-state index in [2.05, 4.69) is 5.10 Å². The van der Waals surface area contributed by atoms with Gasteiger partial charge in [0.15, 0.2) is 0 Å². The molecule has 25 heavy (non-hydrogen) atoms. The molecule has 1 spiro atoms. The second-order valence-corrected chi connectivity index (χ2v) is 6.84. The summed E-state index contributed by atoms with van der Waals surface area (Å²) in [5.41, 5.74) is 0.742. The summed E-state index contributed by atoms with van der Waals surface area (Å²) in [5.74, 6) is -0.452. The van der Waals surface area contributed by atoms with Crippen molar-refractivity contribution in [2.75, 3.05) is 24.5 Å². The molecule has 2 amide bonds. The summed E-state index contributed by atoms with van der Waals surface area (Å²) in [6.07, 6.45) is 4.91. The Morgan fingerprint density at radius 3 is 2.60 bits per heavy atom. The zero-order valence-electron chi connectivity index (χ0n) is 14.0. The number of likely N-dealkylation sites (tertiary alicyclic amines) is 1. The standard InChI is InChI=1S/C18H19FN4O2/c1-21-11-15(10-20-21)23-9-7-18(17(23)25)6-8-22(12-18)16(24)13-2-4-14(19)5-3-13/h2-5,10-11H,6-9,12H2,1H3. The van der Waals surface area contributed by atoms with Gasteiger partial charge in [0.1, 0.15) is 5.82 Å². The summed E-state index contributed by atoms with van der Waals surface area (Å²) >= 11 is 0. The van der Waals surface area contributed by atoms with Crippen LogP contribution in [0.15, 0.2) is 36.7 Å². The minimum atomic E-state index is -0.508. The molecule has 4 rings (SSSR count). The summed E-state index contributed by atoms with van der Waals surface area (Å²) in [6, 6.07) is 5.54. The van der Waals surface area contributed by atoms with Crippen LogP contribution in [0.4, 0.5) is 10.1 Å². The number of carbonyl (C=O) groups is 2. The molecule has 1 atom stereocenters. The average Bonchev–Trinajstić information content (AvgIpc) is 3.30. The molecule has 0 saturated carbocycles. The first kappa shape index (κ1) is 15.8. The van der Waals surface area contributed by atoms with E-state index in [0.29, 0.717) is 31.6 Å². The Bertz CT molecular complexity index is 832. The van der Waals surface area contributed by atoms with Crippen LogP contribution >= 0.6 is 0 Å². The van der Waals surface area contributed by atoms with E-state index >= 15 is 0 Å². The van der Waals surface area contributed by atoms with E-state index in [4.69, 9.17) is 0 Å². The Morgan fingerprint density at radius 2 is 1.92 bits per heavy atom. The fraction of sp³-hybridized carbons (Fsp3) is 0.389. The van der Waals surface area contributed by atoms with Crippen molar-refractivity contribution < 1.29 is 14.0 Å². The van der Waals surface area contributed by atoms with E-state index in [0.717, 1.165) is 12.1 Å². The number of hydrogen-bond donors (Lipinski definition) is 0. The maximum absolute atomic E-state index is 13.0. The predicted molar refractivity (Wildman–Crippen MR) is 89.5 cm³/mol. The Hall–Kier alpha value is -2.70. The topological polar surface area (TPSA) is 58.4 Å². The van der Waals surface area contributed by atoms with Crippen LogP contribution in [0.25, 0.3) is 0 Å². The van der Waals surface area contributed by atoms with Crippen LogP contribution in [-0.4, -0.2) is 46.1 Å². The number of aryl methyl sites for hydroxylation is 1. The Morgan fingerprint density at radius 1 is 1.20 bits per heavy atom. The number of halogens is 1. The second kappa shape index (κ2) is 5.68. The lowest BCUT2D eigenvalue weighted by atomic mass is 9.85. The van der Waals surface area contributed by atoms with Gasteiger partial charge in [-0.1, -0.05) is 0 Å². The Balaban J connectivity index is 1.51. The summed E-state index contributed by atoms with van der Waals surface area (Å²) in [4.78, 5) is 29.1. The number of rotatable bonds is 2. The third-order valence-electron chi connectivity index (χ3n) is 5.25. The van der Waals surface area contributed by atoms with Gasteiger partial charge in [0, 0.05) is 38.4 Å². The molecule has 2 aliphatic heterocycles. The van der Waals surface area contributed by atoms with Crippen molar-refractivity contribution >= 4 is 17.5 Å². The molecule has 0 aliphatic carbocycles. The van der Waals surface area contributed by atoms with E-state index in [-0.39, 0.29) is 17.6 Å². The number of amides is 2. The van der Waals surface area contributed by atoms with Gasteiger partial charge >= 0.3 is 0 Å². The van der Waals surface area contributed by atoms with Crippen molar-refractivity contribution in [3.05, 3.63) is 48.0 Å². The lowest BCUT2D eigenvalue weighted by Gasteiger charge is -2.23. The van der Waals surface area contributed by atoms with Crippen LogP contribution < -0.4 is 4.90 Å². The Kier molecular flexibility index (Phi) is 3.59. The van der Waals surface area contributed by atoms with Crippen LogP contribution in [0.1, 0.15) is 23.2 Å². The molecule has 2 saturated heterocycles. The SMILES string of the molecule is Cn1cc(N2CCC3(CCN(C(=O)c4ccc(F)cc4)C3)C2=O)cn1. The highest BCUT2D eigenvalue weighted by Gasteiger charge is 2.52. The minimum absolute atomic E-state index is 0.0647. The lowest BCUT2D eigenvalue weighted by Crippen LogP contribution is -2.38. The van der Waals surface area contributed by atoms with Crippen molar-refractivity contribution in [3.8, 4) is 0 Å². The van der Waals surface area contributed by atoms with Gasteiger partial charge in [0.25, 0.3) is 5.91 Å². The zero-order valence-corrected chi connectivity index (χ0v) is 14.0. The van der Waals surface area contributed by atoms with E-state index in [1.165, 1.54) is 24.3 Å². The Labute approximate surface area is 144 Å². The smallest absolute Gasteiger partial charge is 0.253 e. The highest BCUT2D eigenvalue weighted by Crippen LogP contribution is 2.42. The van der Waals surface area contributed by atoms with Crippen LogP contribution in [-0.2, 0) is 11.8 Å². The third kappa shape index (κ3) is 2.59. The molecule has 2 aromatic rings. The van der Waals surface area contributed by atoms with Gasteiger partial charge in [0.05, 0.1) is 17.3 Å². The fourth-order valence-corrected chi connectivity index (χ4v) is 3.81. The number of hydrogen-bond acceptors (Lipinski definition) is 3. The molecule has 0 bridgehead atoms. The molecular formula is C18H19FN4O2. The predicted octanol–water partition coefficient (Wildman–Crippen LogP) is 1.83. The van der Waals surface area contributed by atoms with E-state index in [9.17, 15) is 14.0 Å². The highest BCUT2D eigenvalue weighted by atomic mass is 19.1. The first-order valence-electron chi connectivity index (χ1n) is 8.34. The number of aromatic nitrogens is 2. The van der Waals surface area contributed by atoms with Gasteiger partial charge < -0.3 is 9.80 Å². The van der Waals surface area contributed by atoms with Crippen molar-refractivity contribution in [3.63, 3.8) is 0 Å². The van der Waals surface area contributed by atoms with Gasteiger partial charge in [-0.3, -0.25) is 14.3 Å². The molecule has 1 unspecified atom stereocenters. The molecule has 2 fully saturated rings. The molecule has 1 aromatic heterocycles. The van der Waals surface area contributed by atoms with Crippen LogP contribution in [0.2, 0.25) is 0 Å². The lowest BCUT2D eigenvalue weighted by molar-refractivity contribution is -0.124. The summed E-state index contributed by atoms with van der Waals surface area (Å²) < 4.78 is 14.7. The summed E-state index contributed by atoms with van der Waals surface area (Å²) in [6.45, 7) is 1.60. The van der Waals surface area contributed by atoms with Crippen molar-refractivity contribution in [2.45, 2.75) is 12.8 Å². The normalized spacial score (nSPS) is 23.0. The number of nitrogens with zero attached hydrogens (tertiary/aromatic N) is 4. The first-order chi connectivity index (χ1) is 12.0. The zero-order chi connectivity index (χ0) is 17.6. The van der Waals surface area contributed by atoms with E-state index in [1.54, 1.807) is 20.7 Å². The van der Waals surface area contributed by atoms with Gasteiger partial charge in [-0.05, 0) is 37.1 Å². The minimum Gasteiger partial charge on any atom is -0.338 e. The summed E-state index contributed by atoms with van der Waals surface area (Å²) in [7, 11) is 1.82. The number of carbonyl (C=O) groups excluding carboxylic acids is 2. The van der Waals surface area contributed by atoms with E-state index < -0.39 is 5.41 Å². The molecule has 7 heteroatoms. The maximum Gasteiger partial charge on any atom is 0.253 e. The fourth-order valence-electron chi connectivity index (χ4n) is 3.81. The first-order valence-corrected chi connectivity index (χ1v) is 8.34. The maximum atomic E-state index is 13.0. The summed E-state index contributed by atoms with van der Waals surface area (Å²) in [5, 5.41) is 4.13. The van der Waals surface area contributed by atoms with Crippen molar-refractivity contribution in [1.82, 2.24) is 14.7 Å². The molecule has 2 aliphatic rings. The molecule has 130 valence electrons. The highest BCUT2D eigenvalue weighted by molar-refractivity contribution is 6.01. The largest absolute Gasteiger partial charge is 0.338 e. The van der Waals surface area contributed by atoms with Crippen molar-refractivity contribution in [2.24, 2.45) is 12.5 Å². The number of anilines is 1. The molecule has 0 N–H and O–H groups in total. The van der Waals surface area contributed by atoms with Gasteiger partial charge in [0.2, 0.25) is 5.91 Å². The van der Waals surface area contributed by atoms with Gasteiger partial charge in [-0.25, -0.2) is 4.39 Å². The van der Waals surface area contributed by atoms with Gasteiger partial charge in [-0.15, -0.1) is 0 Å². The molecular weight excluding hydrogens is 323 g/mol. The average molecular weight is 342 g/mol. The monoisotopic (exact) mass is 342 g/mol. The van der Waals surface area contributed by atoms with Crippen LogP contribution in [0, 0.1) is 11.2 Å². The molecule has 1 aromatic carbocycles. The van der Waals surface area contributed by atoms with Crippen molar-refractivity contribution in [1.29, 1.82) is 0 Å². The van der Waals surface area contributed by atoms with Gasteiger partial charge in [-0.2, -0.15) is 5.10 Å². The molecule has 6 nitrogen and oxygen atoms in total. The molecule has 3 heterocycles. The quantitative estimate of drug-likeness (QED) is 0.837. The second-order valence-electron chi connectivity index (χ2n) is 6.84.